The van der Waals surface area contributed by atoms with Crippen LogP contribution in [0.2, 0.25) is 0 Å². The zero-order valence-corrected chi connectivity index (χ0v) is 11.0. The minimum absolute atomic E-state index is 0.00373. The van der Waals surface area contributed by atoms with Gasteiger partial charge in [0.1, 0.15) is 0 Å². The SMILES string of the molecule is O=S(=O)(c1ccccc1NCC1(CO)CC1)C(F)F. The summed E-state index contributed by atoms with van der Waals surface area (Å²) in [6.07, 6.45) is 1.69. The van der Waals surface area contributed by atoms with Crippen LogP contribution in [-0.2, 0) is 9.84 Å². The van der Waals surface area contributed by atoms with E-state index in [1.807, 2.05) is 0 Å². The Hall–Kier alpha value is -1.21. The molecule has 0 unspecified atom stereocenters. The van der Waals surface area contributed by atoms with Crippen LogP contribution in [0.1, 0.15) is 12.8 Å². The van der Waals surface area contributed by atoms with Gasteiger partial charge < -0.3 is 10.4 Å². The molecule has 2 rings (SSSR count). The first-order valence-corrected chi connectivity index (χ1v) is 7.42. The fourth-order valence-corrected chi connectivity index (χ4v) is 2.71. The number of hydrogen-bond donors (Lipinski definition) is 2. The smallest absolute Gasteiger partial charge is 0.341 e. The number of aliphatic hydroxyl groups excluding tert-OH is 1. The molecule has 1 fully saturated rings. The van der Waals surface area contributed by atoms with Crippen LogP contribution in [0, 0.1) is 5.41 Å². The molecule has 0 radical (unpaired) electrons. The van der Waals surface area contributed by atoms with Crippen molar-refractivity contribution in [2.75, 3.05) is 18.5 Å². The standard InChI is InChI=1S/C12H15F2NO3S/c13-11(14)19(17,18)10-4-2-1-3-9(10)15-7-12(8-16)5-6-12/h1-4,11,15-16H,5-8H2. The minimum atomic E-state index is -4.62. The number of para-hydroxylation sites is 1. The van der Waals surface area contributed by atoms with Crippen molar-refractivity contribution >= 4 is 15.5 Å². The maximum Gasteiger partial charge on any atom is 0.341 e. The van der Waals surface area contributed by atoms with Gasteiger partial charge in [-0.1, -0.05) is 12.1 Å². The molecule has 1 saturated carbocycles. The van der Waals surface area contributed by atoms with Gasteiger partial charge in [0.15, 0.2) is 0 Å². The van der Waals surface area contributed by atoms with Gasteiger partial charge in [-0.25, -0.2) is 8.42 Å². The molecule has 0 bridgehead atoms. The summed E-state index contributed by atoms with van der Waals surface area (Å²) in [6.45, 7) is 0.378. The summed E-state index contributed by atoms with van der Waals surface area (Å²) >= 11 is 0. The highest BCUT2D eigenvalue weighted by Crippen LogP contribution is 2.45. The molecule has 0 spiro atoms. The normalized spacial score (nSPS) is 17.5. The highest BCUT2D eigenvalue weighted by Gasteiger charge is 2.42. The summed E-state index contributed by atoms with van der Waals surface area (Å²) in [5, 5.41) is 12.0. The van der Waals surface area contributed by atoms with Gasteiger partial charge in [0.2, 0.25) is 9.84 Å². The number of hydrogen-bond acceptors (Lipinski definition) is 4. The number of rotatable bonds is 6. The Labute approximate surface area is 110 Å². The molecule has 106 valence electrons. The molecule has 1 aromatic rings. The Morgan fingerprint density at radius 3 is 2.47 bits per heavy atom. The van der Waals surface area contributed by atoms with Crippen molar-refractivity contribution in [3.8, 4) is 0 Å². The van der Waals surface area contributed by atoms with Crippen molar-refractivity contribution in [3.05, 3.63) is 24.3 Å². The van der Waals surface area contributed by atoms with Gasteiger partial charge in [-0.15, -0.1) is 0 Å². The molecule has 19 heavy (non-hydrogen) atoms. The molecule has 4 nitrogen and oxygen atoms in total. The van der Waals surface area contributed by atoms with Crippen LogP contribution >= 0.6 is 0 Å². The summed E-state index contributed by atoms with van der Waals surface area (Å²) in [7, 11) is -4.62. The predicted molar refractivity (Wildman–Crippen MR) is 66.9 cm³/mol. The van der Waals surface area contributed by atoms with E-state index < -0.39 is 20.5 Å². The lowest BCUT2D eigenvalue weighted by atomic mass is 10.1. The van der Waals surface area contributed by atoms with E-state index in [9.17, 15) is 22.3 Å². The molecule has 0 atom stereocenters. The van der Waals surface area contributed by atoms with E-state index in [2.05, 4.69) is 5.32 Å². The number of aliphatic hydroxyl groups is 1. The molecular formula is C12H15F2NO3S. The summed E-state index contributed by atoms with van der Waals surface area (Å²) < 4.78 is 48.2. The largest absolute Gasteiger partial charge is 0.396 e. The molecule has 1 aliphatic rings. The fraction of sp³-hybridized carbons (Fsp3) is 0.500. The summed E-state index contributed by atoms with van der Waals surface area (Å²) in [5.74, 6) is -3.44. The Balaban J connectivity index is 2.22. The first-order chi connectivity index (χ1) is 8.91. The van der Waals surface area contributed by atoms with Gasteiger partial charge in [-0.05, 0) is 25.0 Å². The van der Waals surface area contributed by atoms with Gasteiger partial charge in [0.25, 0.3) is 0 Å². The lowest BCUT2D eigenvalue weighted by Crippen LogP contribution is -2.21. The van der Waals surface area contributed by atoms with E-state index in [4.69, 9.17) is 0 Å². The topological polar surface area (TPSA) is 66.4 Å². The third kappa shape index (κ3) is 2.87. The second-order valence-corrected chi connectivity index (χ2v) is 6.70. The van der Waals surface area contributed by atoms with Crippen LogP contribution in [0.4, 0.5) is 14.5 Å². The number of alkyl halides is 2. The van der Waals surface area contributed by atoms with Crippen molar-refractivity contribution in [2.45, 2.75) is 23.5 Å². The molecule has 0 heterocycles. The molecule has 2 N–H and O–H groups in total. The highest BCUT2D eigenvalue weighted by molar-refractivity contribution is 7.91. The molecule has 0 amide bonds. The number of halogens is 2. The second-order valence-electron chi connectivity index (χ2n) is 4.81. The van der Waals surface area contributed by atoms with Crippen molar-refractivity contribution < 1.29 is 22.3 Å². The van der Waals surface area contributed by atoms with Crippen LogP contribution in [-0.4, -0.2) is 32.4 Å². The minimum Gasteiger partial charge on any atom is -0.396 e. The summed E-state index contributed by atoms with van der Waals surface area (Å²) in [4.78, 5) is -0.404. The molecule has 1 aromatic carbocycles. The van der Waals surface area contributed by atoms with Crippen molar-refractivity contribution in [1.82, 2.24) is 0 Å². The van der Waals surface area contributed by atoms with Gasteiger partial charge in [-0.2, -0.15) is 8.78 Å². The Morgan fingerprint density at radius 2 is 1.95 bits per heavy atom. The third-order valence-electron chi connectivity index (χ3n) is 3.37. The molecule has 0 aromatic heterocycles. The molecule has 7 heteroatoms. The first kappa shape index (κ1) is 14.2. The summed E-state index contributed by atoms with van der Waals surface area (Å²) in [5.41, 5.74) is -0.0793. The number of benzene rings is 1. The monoisotopic (exact) mass is 291 g/mol. The van der Waals surface area contributed by atoms with Gasteiger partial charge in [0.05, 0.1) is 17.2 Å². The number of nitrogens with one attached hydrogen (secondary N) is 1. The number of anilines is 1. The van der Waals surface area contributed by atoms with Crippen LogP contribution in [0.3, 0.4) is 0 Å². The molecular weight excluding hydrogens is 276 g/mol. The van der Waals surface area contributed by atoms with E-state index in [0.29, 0.717) is 6.54 Å². The summed E-state index contributed by atoms with van der Waals surface area (Å²) in [6, 6.07) is 5.58. The van der Waals surface area contributed by atoms with Crippen LogP contribution < -0.4 is 5.32 Å². The number of sulfone groups is 1. The zero-order valence-electron chi connectivity index (χ0n) is 10.1. The Kier molecular flexibility index (Phi) is 3.78. The van der Waals surface area contributed by atoms with Crippen molar-refractivity contribution in [1.29, 1.82) is 0 Å². The van der Waals surface area contributed by atoms with Crippen molar-refractivity contribution in [3.63, 3.8) is 0 Å². The zero-order chi connectivity index (χ0) is 14.1. The molecule has 1 aliphatic carbocycles. The van der Waals surface area contributed by atoms with Gasteiger partial charge in [0, 0.05) is 12.0 Å². The maximum absolute atomic E-state index is 12.6. The van der Waals surface area contributed by atoms with Crippen molar-refractivity contribution in [2.24, 2.45) is 5.41 Å². The Morgan fingerprint density at radius 1 is 1.32 bits per heavy atom. The predicted octanol–water partition coefficient (Wildman–Crippen LogP) is 1.87. The molecule has 0 aliphatic heterocycles. The van der Waals surface area contributed by atoms with E-state index in [1.165, 1.54) is 12.1 Å². The highest BCUT2D eigenvalue weighted by atomic mass is 32.2. The van der Waals surface area contributed by atoms with Crippen LogP contribution in [0.15, 0.2) is 29.2 Å². The second kappa shape index (κ2) is 5.05. The maximum atomic E-state index is 12.6. The quantitative estimate of drug-likeness (QED) is 0.839. The van der Waals surface area contributed by atoms with Crippen LogP contribution in [0.25, 0.3) is 0 Å². The average molecular weight is 291 g/mol. The first-order valence-electron chi connectivity index (χ1n) is 5.87. The van der Waals surface area contributed by atoms with E-state index in [-0.39, 0.29) is 17.7 Å². The van der Waals surface area contributed by atoms with Gasteiger partial charge >= 0.3 is 5.76 Å². The fourth-order valence-electron chi connectivity index (χ4n) is 1.81. The molecule has 0 saturated heterocycles. The lowest BCUT2D eigenvalue weighted by molar-refractivity contribution is 0.219. The van der Waals surface area contributed by atoms with Gasteiger partial charge in [-0.3, -0.25) is 0 Å². The third-order valence-corrected chi connectivity index (χ3v) is 4.81. The van der Waals surface area contributed by atoms with E-state index in [1.54, 1.807) is 6.07 Å². The Bertz CT molecular complexity index is 556. The lowest BCUT2D eigenvalue weighted by Gasteiger charge is -2.16. The van der Waals surface area contributed by atoms with Crippen LogP contribution in [0.5, 0.6) is 0 Å². The average Bonchev–Trinajstić information content (AvgIpc) is 3.17. The van der Waals surface area contributed by atoms with E-state index in [0.717, 1.165) is 18.9 Å². The van der Waals surface area contributed by atoms with E-state index >= 15 is 0 Å².